The Bertz CT molecular complexity index is 414. The molecule has 0 aliphatic rings. The van der Waals surface area contributed by atoms with E-state index in [1.54, 1.807) is 11.3 Å². The third-order valence-electron chi connectivity index (χ3n) is 1.95. The molecule has 0 spiro atoms. The van der Waals surface area contributed by atoms with Crippen molar-refractivity contribution in [3.05, 3.63) is 35.2 Å². The number of nitrogens with two attached hydrogens (primary N) is 1. The van der Waals surface area contributed by atoms with Crippen molar-refractivity contribution in [1.29, 1.82) is 0 Å². The Morgan fingerprint density at radius 1 is 1.40 bits per heavy atom. The highest BCUT2D eigenvalue weighted by Gasteiger charge is 2.01. The number of hydrogen-bond acceptors (Lipinski definition) is 4. The molecular formula is C11H12N2OS. The van der Waals surface area contributed by atoms with Crippen molar-refractivity contribution in [2.75, 3.05) is 13.2 Å². The molecule has 0 saturated carbocycles. The van der Waals surface area contributed by atoms with Gasteiger partial charge in [-0.15, -0.1) is 11.3 Å². The van der Waals surface area contributed by atoms with E-state index in [2.05, 4.69) is 4.98 Å². The average molecular weight is 220 g/mol. The van der Waals surface area contributed by atoms with Gasteiger partial charge in [0.1, 0.15) is 12.4 Å². The van der Waals surface area contributed by atoms with Gasteiger partial charge in [0.25, 0.3) is 0 Å². The maximum Gasteiger partial charge on any atom is 0.120 e. The van der Waals surface area contributed by atoms with E-state index >= 15 is 0 Å². The van der Waals surface area contributed by atoms with E-state index in [1.165, 1.54) is 0 Å². The fourth-order valence-electron chi connectivity index (χ4n) is 1.28. The van der Waals surface area contributed by atoms with Gasteiger partial charge in [0.2, 0.25) is 0 Å². The summed E-state index contributed by atoms with van der Waals surface area (Å²) in [6, 6.07) is 7.88. The molecule has 2 N–H and O–H groups in total. The van der Waals surface area contributed by atoms with Crippen LogP contribution in [0.1, 0.15) is 0 Å². The zero-order valence-electron chi connectivity index (χ0n) is 8.22. The number of thiazole rings is 1. The third kappa shape index (κ3) is 2.55. The van der Waals surface area contributed by atoms with Gasteiger partial charge in [-0.05, 0) is 12.1 Å². The lowest BCUT2D eigenvalue weighted by Crippen LogP contribution is -2.10. The highest BCUT2D eigenvalue weighted by atomic mass is 32.1. The number of ether oxygens (including phenoxy) is 1. The molecule has 0 amide bonds. The summed E-state index contributed by atoms with van der Waals surface area (Å²) in [6.45, 7) is 1.07. The quantitative estimate of drug-likeness (QED) is 0.858. The second-order valence-electron chi connectivity index (χ2n) is 3.04. The molecule has 0 aliphatic heterocycles. The van der Waals surface area contributed by atoms with Crippen LogP contribution in [-0.2, 0) is 0 Å². The molecule has 78 valence electrons. The highest BCUT2D eigenvalue weighted by Crippen LogP contribution is 2.23. The van der Waals surface area contributed by atoms with Gasteiger partial charge in [-0.3, -0.25) is 0 Å². The number of hydrogen-bond donors (Lipinski definition) is 1. The lowest BCUT2D eigenvalue weighted by atomic mass is 10.2. The predicted octanol–water partition coefficient (Wildman–Crippen LogP) is 2.15. The predicted molar refractivity (Wildman–Crippen MR) is 62.1 cm³/mol. The molecule has 4 heteroatoms. The third-order valence-corrected chi connectivity index (χ3v) is 2.54. The van der Waals surface area contributed by atoms with E-state index < -0.39 is 0 Å². The Labute approximate surface area is 92.5 Å². The number of benzene rings is 1. The van der Waals surface area contributed by atoms with E-state index in [0.29, 0.717) is 13.2 Å². The summed E-state index contributed by atoms with van der Waals surface area (Å²) in [4.78, 5) is 4.25. The van der Waals surface area contributed by atoms with Crippen LogP contribution in [0.2, 0.25) is 0 Å². The van der Waals surface area contributed by atoms with Crippen molar-refractivity contribution in [1.82, 2.24) is 4.98 Å². The van der Waals surface area contributed by atoms with Gasteiger partial charge in [0.05, 0.1) is 11.2 Å². The van der Waals surface area contributed by atoms with Crippen LogP contribution >= 0.6 is 11.3 Å². The van der Waals surface area contributed by atoms with Crippen LogP contribution in [0.5, 0.6) is 5.75 Å². The first-order valence-corrected chi connectivity index (χ1v) is 5.66. The van der Waals surface area contributed by atoms with Crippen LogP contribution in [-0.4, -0.2) is 18.1 Å². The fourth-order valence-corrected chi connectivity index (χ4v) is 1.84. The molecule has 0 unspecified atom stereocenters. The van der Waals surface area contributed by atoms with E-state index in [4.69, 9.17) is 10.5 Å². The second-order valence-corrected chi connectivity index (χ2v) is 3.76. The lowest BCUT2D eigenvalue weighted by molar-refractivity contribution is 0.328. The molecule has 0 bridgehead atoms. The number of aromatic nitrogens is 1. The molecule has 2 rings (SSSR count). The SMILES string of the molecule is NCCOc1cccc(-c2cscn2)c1. The van der Waals surface area contributed by atoms with E-state index in [1.807, 2.05) is 35.2 Å². The minimum atomic E-state index is 0.529. The molecule has 0 atom stereocenters. The van der Waals surface area contributed by atoms with Crippen molar-refractivity contribution >= 4 is 11.3 Å². The smallest absolute Gasteiger partial charge is 0.120 e. The van der Waals surface area contributed by atoms with Gasteiger partial charge < -0.3 is 10.5 Å². The van der Waals surface area contributed by atoms with Gasteiger partial charge in [0.15, 0.2) is 0 Å². The summed E-state index contributed by atoms with van der Waals surface area (Å²) in [5, 5.41) is 2.02. The largest absolute Gasteiger partial charge is 0.492 e. The van der Waals surface area contributed by atoms with Crippen LogP contribution in [0.15, 0.2) is 35.2 Å². The Kier molecular flexibility index (Phi) is 3.32. The standard InChI is InChI=1S/C11H12N2OS/c12-4-5-14-10-3-1-2-9(6-10)11-7-15-8-13-11/h1-3,6-8H,4-5,12H2. The summed E-state index contributed by atoms with van der Waals surface area (Å²) in [7, 11) is 0. The van der Waals surface area contributed by atoms with E-state index in [9.17, 15) is 0 Å². The molecule has 2 aromatic rings. The maximum absolute atomic E-state index is 5.44. The Morgan fingerprint density at radius 3 is 3.07 bits per heavy atom. The zero-order chi connectivity index (χ0) is 10.5. The maximum atomic E-state index is 5.44. The summed E-state index contributed by atoms with van der Waals surface area (Å²) in [5.74, 6) is 0.839. The molecule has 0 aliphatic carbocycles. The van der Waals surface area contributed by atoms with Crippen molar-refractivity contribution in [3.8, 4) is 17.0 Å². The summed E-state index contributed by atoms with van der Waals surface area (Å²) >= 11 is 1.59. The Morgan fingerprint density at radius 2 is 2.33 bits per heavy atom. The van der Waals surface area contributed by atoms with Gasteiger partial charge in [0, 0.05) is 17.5 Å². The summed E-state index contributed by atoms with van der Waals surface area (Å²) in [6.07, 6.45) is 0. The molecular weight excluding hydrogens is 208 g/mol. The molecule has 15 heavy (non-hydrogen) atoms. The van der Waals surface area contributed by atoms with Gasteiger partial charge in [-0.2, -0.15) is 0 Å². The molecule has 0 radical (unpaired) electrons. The van der Waals surface area contributed by atoms with E-state index in [0.717, 1.165) is 17.0 Å². The Balaban J connectivity index is 2.19. The summed E-state index contributed by atoms with van der Waals surface area (Å²) in [5.41, 5.74) is 9.25. The average Bonchev–Trinajstić information content (AvgIpc) is 2.80. The van der Waals surface area contributed by atoms with Gasteiger partial charge in [-0.1, -0.05) is 12.1 Å². The first kappa shape index (κ1) is 10.1. The van der Waals surface area contributed by atoms with Gasteiger partial charge >= 0.3 is 0 Å². The van der Waals surface area contributed by atoms with Crippen molar-refractivity contribution in [3.63, 3.8) is 0 Å². The molecule has 0 fully saturated rings. The molecule has 1 aromatic carbocycles. The van der Waals surface area contributed by atoms with Crippen LogP contribution in [0.3, 0.4) is 0 Å². The molecule has 1 heterocycles. The Hall–Kier alpha value is -1.39. The number of rotatable bonds is 4. The number of nitrogens with zero attached hydrogens (tertiary/aromatic N) is 1. The topological polar surface area (TPSA) is 48.1 Å². The van der Waals surface area contributed by atoms with Crippen LogP contribution in [0.4, 0.5) is 0 Å². The normalized spacial score (nSPS) is 10.2. The summed E-state index contributed by atoms with van der Waals surface area (Å²) < 4.78 is 5.44. The van der Waals surface area contributed by atoms with Crippen LogP contribution < -0.4 is 10.5 Å². The molecule has 3 nitrogen and oxygen atoms in total. The highest BCUT2D eigenvalue weighted by molar-refractivity contribution is 7.07. The molecule has 1 aromatic heterocycles. The van der Waals surface area contributed by atoms with Gasteiger partial charge in [-0.25, -0.2) is 4.98 Å². The van der Waals surface area contributed by atoms with E-state index in [-0.39, 0.29) is 0 Å². The van der Waals surface area contributed by atoms with Crippen LogP contribution in [0, 0.1) is 0 Å². The first-order valence-electron chi connectivity index (χ1n) is 4.71. The fraction of sp³-hybridized carbons (Fsp3) is 0.182. The zero-order valence-corrected chi connectivity index (χ0v) is 9.04. The second kappa shape index (κ2) is 4.91. The monoisotopic (exact) mass is 220 g/mol. The minimum absolute atomic E-state index is 0.529. The van der Waals surface area contributed by atoms with Crippen molar-refractivity contribution in [2.24, 2.45) is 5.73 Å². The minimum Gasteiger partial charge on any atom is -0.492 e. The molecule has 0 saturated heterocycles. The lowest BCUT2D eigenvalue weighted by Gasteiger charge is -2.05. The van der Waals surface area contributed by atoms with Crippen molar-refractivity contribution < 1.29 is 4.74 Å². The van der Waals surface area contributed by atoms with Crippen molar-refractivity contribution in [2.45, 2.75) is 0 Å². The first-order chi connectivity index (χ1) is 7.40. The van der Waals surface area contributed by atoms with Crippen LogP contribution in [0.25, 0.3) is 11.3 Å².